The van der Waals surface area contributed by atoms with Crippen LogP contribution in [0.2, 0.25) is 0 Å². The molecule has 0 saturated carbocycles. The number of hydrogen-bond acceptors (Lipinski definition) is 2. The van der Waals surface area contributed by atoms with Gasteiger partial charge in [-0.3, -0.25) is 0 Å². The minimum atomic E-state index is -0.674. The van der Waals surface area contributed by atoms with Gasteiger partial charge in [-0.2, -0.15) is 12.6 Å². The molecule has 0 spiro atoms. The zero-order valence-corrected chi connectivity index (χ0v) is 7.11. The zero-order valence-electron chi connectivity index (χ0n) is 6.21. The van der Waals surface area contributed by atoms with Crippen LogP contribution in [0.1, 0.15) is 5.56 Å². The van der Waals surface area contributed by atoms with Gasteiger partial charge in [-0.1, -0.05) is 17.9 Å². The summed E-state index contributed by atoms with van der Waals surface area (Å²) in [5.74, 6) is 4.46. The van der Waals surface area contributed by atoms with Crippen LogP contribution in [-0.4, -0.2) is 10.9 Å². The fourth-order valence-corrected chi connectivity index (χ4v) is 0.830. The number of aromatic hydroxyl groups is 1. The van der Waals surface area contributed by atoms with Crippen molar-refractivity contribution in [2.24, 2.45) is 0 Å². The maximum absolute atomic E-state index is 12.9. The van der Waals surface area contributed by atoms with E-state index in [4.69, 9.17) is 5.11 Å². The lowest BCUT2D eigenvalue weighted by atomic mass is 10.2. The average molecular weight is 182 g/mol. The Balaban J connectivity index is 3.08. The fraction of sp³-hybridized carbons (Fsp3) is 0.111. The van der Waals surface area contributed by atoms with Gasteiger partial charge >= 0.3 is 0 Å². The Bertz CT molecular complexity index is 338. The van der Waals surface area contributed by atoms with Crippen LogP contribution < -0.4 is 0 Å². The summed E-state index contributed by atoms with van der Waals surface area (Å²) in [6.45, 7) is 0. The highest BCUT2D eigenvalue weighted by molar-refractivity contribution is 7.80. The summed E-state index contributed by atoms with van der Waals surface area (Å²) >= 11 is 3.85. The standard InChI is InChI=1S/C9H7FOS/c10-9-7(4-2-6-12)3-1-5-8(9)11/h1,3,5,11-12H,6H2. The van der Waals surface area contributed by atoms with E-state index < -0.39 is 5.82 Å². The lowest BCUT2D eigenvalue weighted by Crippen LogP contribution is -1.83. The van der Waals surface area contributed by atoms with Gasteiger partial charge in [0.25, 0.3) is 0 Å². The number of hydrogen-bond donors (Lipinski definition) is 2. The van der Waals surface area contributed by atoms with Gasteiger partial charge in [0.15, 0.2) is 11.6 Å². The SMILES string of the molecule is Oc1cccc(C#CCS)c1F. The second-order valence-electron chi connectivity index (χ2n) is 2.10. The summed E-state index contributed by atoms with van der Waals surface area (Å²) < 4.78 is 12.9. The Kier molecular flexibility index (Phi) is 3.01. The predicted octanol–water partition coefficient (Wildman–Crippen LogP) is 1.81. The first kappa shape index (κ1) is 8.95. The minimum absolute atomic E-state index is 0.198. The molecule has 0 aliphatic heterocycles. The predicted molar refractivity (Wildman–Crippen MR) is 48.8 cm³/mol. The van der Waals surface area contributed by atoms with Gasteiger partial charge < -0.3 is 5.11 Å². The number of phenolic OH excluding ortho intramolecular Hbond substituents is 1. The average Bonchev–Trinajstić information content (AvgIpc) is 2.08. The van der Waals surface area contributed by atoms with Crippen LogP contribution in [0, 0.1) is 17.7 Å². The van der Waals surface area contributed by atoms with Crippen molar-refractivity contribution in [3.05, 3.63) is 29.6 Å². The van der Waals surface area contributed by atoms with E-state index in [2.05, 4.69) is 24.5 Å². The molecular weight excluding hydrogens is 175 g/mol. The second kappa shape index (κ2) is 4.03. The molecule has 0 atom stereocenters. The van der Waals surface area contributed by atoms with Crippen LogP contribution in [0.4, 0.5) is 4.39 Å². The quantitative estimate of drug-likeness (QED) is 0.463. The van der Waals surface area contributed by atoms with Gasteiger partial charge in [0, 0.05) is 0 Å². The van der Waals surface area contributed by atoms with Crippen LogP contribution in [0.25, 0.3) is 0 Å². The molecule has 62 valence electrons. The summed E-state index contributed by atoms with van der Waals surface area (Å²) in [7, 11) is 0. The normalized spacial score (nSPS) is 8.83. The molecule has 0 amide bonds. The molecule has 0 unspecified atom stereocenters. The summed E-state index contributed by atoms with van der Waals surface area (Å²) in [5, 5.41) is 8.94. The van der Waals surface area contributed by atoms with E-state index in [0.29, 0.717) is 5.75 Å². The molecule has 0 heterocycles. The molecule has 0 fully saturated rings. The number of phenols is 1. The number of rotatable bonds is 0. The van der Waals surface area contributed by atoms with Crippen molar-refractivity contribution in [3.8, 4) is 17.6 Å². The molecule has 0 aliphatic rings. The highest BCUT2D eigenvalue weighted by Gasteiger charge is 2.02. The monoisotopic (exact) mass is 182 g/mol. The highest BCUT2D eigenvalue weighted by atomic mass is 32.1. The topological polar surface area (TPSA) is 20.2 Å². The Morgan fingerprint density at radius 3 is 2.92 bits per heavy atom. The van der Waals surface area contributed by atoms with Crippen molar-refractivity contribution < 1.29 is 9.50 Å². The van der Waals surface area contributed by atoms with Crippen molar-refractivity contribution in [2.45, 2.75) is 0 Å². The zero-order chi connectivity index (χ0) is 8.97. The molecule has 0 bridgehead atoms. The molecule has 0 saturated heterocycles. The van der Waals surface area contributed by atoms with Gasteiger partial charge in [0.05, 0.1) is 11.3 Å². The van der Waals surface area contributed by atoms with E-state index in [1.807, 2.05) is 0 Å². The first-order valence-corrected chi connectivity index (χ1v) is 3.96. The first-order valence-electron chi connectivity index (χ1n) is 3.33. The van der Waals surface area contributed by atoms with Crippen LogP contribution in [0.15, 0.2) is 18.2 Å². The molecule has 3 heteroatoms. The highest BCUT2D eigenvalue weighted by Crippen LogP contribution is 2.17. The van der Waals surface area contributed by atoms with E-state index in [0.717, 1.165) is 0 Å². The number of benzene rings is 1. The van der Waals surface area contributed by atoms with Crippen LogP contribution >= 0.6 is 12.6 Å². The van der Waals surface area contributed by atoms with E-state index >= 15 is 0 Å². The van der Waals surface area contributed by atoms with E-state index in [9.17, 15) is 4.39 Å². The maximum Gasteiger partial charge on any atom is 0.180 e. The van der Waals surface area contributed by atoms with Crippen molar-refractivity contribution in [1.29, 1.82) is 0 Å². The third-order valence-corrected chi connectivity index (χ3v) is 1.44. The molecule has 0 aliphatic carbocycles. The Labute approximate surface area is 75.6 Å². The third-order valence-electron chi connectivity index (χ3n) is 1.28. The summed E-state index contributed by atoms with van der Waals surface area (Å²) in [6.07, 6.45) is 0. The molecule has 1 aromatic rings. The Morgan fingerprint density at radius 1 is 1.50 bits per heavy atom. The van der Waals surface area contributed by atoms with Crippen LogP contribution in [0.3, 0.4) is 0 Å². The Morgan fingerprint density at radius 2 is 2.25 bits per heavy atom. The summed E-state index contributed by atoms with van der Waals surface area (Å²) in [4.78, 5) is 0. The van der Waals surface area contributed by atoms with Crippen LogP contribution in [0.5, 0.6) is 5.75 Å². The van der Waals surface area contributed by atoms with Gasteiger partial charge in [-0.25, -0.2) is 4.39 Å². The largest absolute Gasteiger partial charge is 0.505 e. The first-order chi connectivity index (χ1) is 5.75. The molecule has 0 radical (unpaired) electrons. The summed E-state index contributed by atoms with van der Waals surface area (Å²) in [6, 6.07) is 4.33. The van der Waals surface area contributed by atoms with Gasteiger partial charge in [0.2, 0.25) is 0 Å². The molecule has 1 aromatic carbocycles. The van der Waals surface area contributed by atoms with Crippen molar-refractivity contribution in [3.63, 3.8) is 0 Å². The molecule has 1 nitrogen and oxygen atoms in total. The Hall–Kier alpha value is -1.14. The smallest absolute Gasteiger partial charge is 0.180 e. The summed E-state index contributed by atoms with van der Waals surface area (Å²) in [5.41, 5.74) is 0.198. The molecule has 1 N–H and O–H groups in total. The van der Waals surface area contributed by atoms with E-state index in [1.54, 1.807) is 6.07 Å². The lowest BCUT2D eigenvalue weighted by Gasteiger charge is -1.95. The maximum atomic E-state index is 12.9. The van der Waals surface area contributed by atoms with Crippen molar-refractivity contribution >= 4 is 12.6 Å². The fourth-order valence-electron chi connectivity index (χ4n) is 0.751. The molecule has 1 rings (SSSR count). The van der Waals surface area contributed by atoms with Gasteiger partial charge in [-0.15, -0.1) is 0 Å². The van der Waals surface area contributed by atoms with Crippen molar-refractivity contribution in [1.82, 2.24) is 0 Å². The van der Waals surface area contributed by atoms with Crippen molar-refractivity contribution in [2.75, 3.05) is 5.75 Å². The number of thiol groups is 1. The van der Waals surface area contributed by atoms with Crippen LogP contribution in [-0.2, 0) is 0 Å². The third kappa shape index (κ3) is 1.93. The molecule has 0 aromatic heterocycles. The van der Waals surface area contributed by atoms with E-state index in [1.165, 1.54) is 12.1 Å². The second-order valence-corrected chi connectivity index (χ2v) is 2.41. The number of halogens is 1. The lowest BCUT2D eigenvalue weighted by molar-refractivity contribution is 0.431. The van der Waals surface area contributed by atoms with Gasteiger partial charge in [0.1, 0.15) is 0 Å². The minimum Gasteiger partial charge on any atom is -0.505 e. The van der Waals surface area contributed by atoms with Gasteiger partial charge in [-0.05, 0) is 12.1 Å². The molecular formula is C9H7FOS. The molecule has 12 heavy (non-hydrogen) atoms. The van der Waals surface area contributed by atoms with E-state index in [-0.39, 0.29) is 11.3 Å².